The van der Waals surface area contributed by atoms with Gasteiger partial charge in [-0.25, -0.2) is 0 Å². The van der Waals surface area contributed by atoms with Crippen molar-refractivity contribution < 1.29 is 4.79 Å². The summed E-state index contributed by atoms with van der Waals surface area (Å²) in [5, 5.41) is 0.766. The summed E-state index contributed by atoms with van der Waals surface area (Å²) in [6.07, 6.45) is 3.77. The van der Waals surface area contributed by atoms with E-state index in [1.165, 1.54) is 11.8 Å². The largest absolute Gasteiger partial charge is 0.398 e. The van der Waals surface area contributed by atoms with Crippen molar-refractivity contribution in [3.63, 3.8) is 0 Å². The lowest BCUT2D eigenvalue weighted by molar-refractivity contribution is -0.109. The van der Waals surface area contributed by atoms with Crippen molar-refractivity contribution in [3.05, 3.63) is 34.9 Å². The van der Waals surface area contributed by atoms with Gasteiger partial charge in [0.15, 0.2) is 5.12 Å². The second kappa shape index (κ2) is 5.83. The number of benzene rings is 1. The van der Waals surface area contributed by atoms with Crippen molar-refractivity contribution in [2.45, 2.75) is 6.92 Å². The fourth-order valence-electron chi connectivity index (χ4n) is 1.03. The van der Waals surface area contributed by atoms with Gasteiger partial charge in [-0.2, -0.15) is 0 Å². The van der Waals surface area contributed by atoms with E-state index in [2.05, 4.69) is 0 Å². The summed E-state index contributed by atoms with van der Waals surface area (Å²) in [6.45, 7) is 1.55. The average Bonchev–Trinajstić information content (AvgIpc) is 2.17. The molecule has 2 N–H and O–H groups in total. The van der Waals surface area contributed by atoms with Crippen LogP contribution < -0.4 is 5.73 Å². The Balaban J connectivity index is 2.63. The molecule has 2 nitrogen and oxygen atoms in total. The minimum atomic E-state index is 0.110. The number of anilines is 1. The first-order valence-electron chi connectivity index (χ1n) is 4.44. The predicted octanol–water partition coefficient (Wildman–Crippen LogP) is 3.22. The fourth-order valence-corrected chi connectivity index (χ4v) is 1.64. The maximum absolute atomic E-state index is 10.7. The van der Waals surface area contributed by atoms with Crippen LogP contribution in [0.5, 0.6) is 0 Å². The Kier molecular flexibility index (Phi) is 4.72. The van der Waals surface area contributed by atoms with Crippen LogP contribution in [0.3, 0.4) is 0 Å². The summed E-state index contributed by atoms with van der Waals surface area (Å²) >= 11 is 7.09. The molecular formula is C11H12ClNOS. The van der Waals surface area contributed by atoms with Crippen LogP contribution in [-0.2, 0) is 4.79 Å². The molecule has 0 aromatic heterocycles. The number of rotatable bonds is 3. The zero-order valence-electron chi connectivity index (χ0n) is 8.37. The lowest BCUT2D eigenvalue weighted by Gasteiger charge is -2.00. The zero-order chi connectivity index (χ0) is 11.3. The van der Waals surface area contributed by atoms with E-state index >= 15 is 0 Å². The number of nitrogens with two attached hydrogens (primary N) is 1. The molecule has 0 radical (unpaired) electrons. The molecule has 1 rings (SSSR count). The predicted molar refractivity (Wildman–Crippen MR) is 68.0 cm³/mol. The summed E-state index contributed by atoms with van der Waals surface area (Å²) < 4.78 is 0. The maximum Gasteiger partial charge on any atom is 0.186 e. The van der Waals surface area contributed by atoms with Crippen molar-refractivity contribution >= 4 is 40.2 Å². The van der Waals surface area contributed by atoms with Crippen LogP contribution in [0.4, 0.5) is 5.69 Å². The normalized spacial score (nSPS) is 10.8. The van der Waals surface area contributed by atoms with Crippen molar-refractivity contribution in [3.8, 4) is 0 Å². The van der Waals surface area contributed by atoms with E-state index in [4.69, 9.17) is 17.3 Å². The molecule has 0 spiro atoms. The van der Waals surface area contributed by atoms with E-state index in [1.807, 2.05) is 12.2 Å². The fraction of sp³-hybridized carbons (Fsp3) is 0.182. The van der Waals surface area contributed by atoms with Crippen LogP contribution in [0.1, 0.15) is 12.5 Å². The highest BCUT2D eigenvalue weighted by Crippen LogP contribution is 2.19. The van der Waals surface area contributed by atoms with Gasteiger partial charge in [0.1, 0.15) is 0 Å². The molecule has 0 aliphatic carbocycles. The van der Waals surface area contributed by atoms with Crippen molar-refractivity contribution in [2.75, 3.05) is 11.5 Å². The Labute approximate surface area is 98.5 Å². The number of thioether (sulfide) groups is 1. The van der Waals surface area contributed by atoms with Crippen molar-refractivity contribution in [1.82, 2.24) is 0 Å². The van der Waals surface area contributed by atoms with Gasteiger partial charge in [-0.1, -0.05) is 35.5 Å². The van der Waals surface area contributed by atoms with Gasteiger partial charge in [0.25, 0.3) is 0 Å². The first kappa shape index (κ1) is 12.1. The van der Waals surface area contributed by atoms with E-state index in [1.54, 1.807) is 25.1 Å². The molecule has 0 amide bonds. The van der Waals surface area contributed by atoms with E-state index in [0.717, 1.165) is 5.56 Å². The lowest BCUT2D eigenvalue weighted by atomic mass is 10.2. The third-order valence-corrected chi connectivity index (χ3v) is 2.73. The summed E-state index contributed by atoms with van der Waals surface area (Å²) in [4.78, 5) is 10.7. The molecule has 4 heteroatoms. The van der Waals surface area contributed by atoms with Gasteiger partial charge in [0, 0.05) is 23.4 Å². The molecule has 0 bridgehead atoms. The number of hydrogen-bond acceptors (Lipinski definition) is 3. The molecule has 80 valence electrons. The SMILES string of the molecule is CC(=O)SCC=Cc1cc(Cl)ccc1N. The third-order valence-electron chi connectivity index (χ3n) is 1.73. The van der Waals surface area contributed by atoms with Gasteiger partial charge in [-0.05, 0) is 23.8 Å². The maximum atomic E-state index is 10.7. The van der Waals surface area contributed by atoms with Crippen LogP contribution in [0.25, 0.3) is 6.08 Å². The highest BCUT2D eigenvalue weighted by molar-refractivity contribution is 8.13. The van der Waals surface area contributed by atoms with Crippen LogP contribution in [0.2, 0.25) is 5.02 Å². The smallest absolute Gasteiger partial charge is 0.186 e. The van der Waals surface area contributed by atoms with Gasteiger partial charge >= 0.3 is 0 Å². The number of halogens is 1. The molecule has 1 aromatic rings. The molecule has 1 aromatic carbocycles. The number of hydrogen-bond donors (Lipinski definition) is 1. The molecule has 15 heavy (non-hydrogen) atoms. The molecule has 0 heterocycles. The molecule has 0 aliphatic rings. The van der Waals surface area contributed by atoms with E-state index in [-0.39, 0.29) is 5.12 Å². The Bertz CT molecular complexity index is 390. The Morgan fingerprint density at radius 3 is 3.00 bits per heavy atom. The molecular weight excluding hydrogens is 230 g/mol. The average molecular weight is 242 g/mol. The quantitative estimate of drug-likeness (QED) is 0.827. The van der Waals surface area contributed by atoms with Gasteiger partial charge < -0.3 is 5.73 Å². The van der Waals surface area contributed by atoms with Gasteiger partial charge in [0.2, 0.25) is 0 Å². The molecule has 0 fully saturated rings. The van der Waals surface area contributed by atoms with Crippen LogP contribution in [0, 0.1) is 0 Å². The highest BCUT2D eigenvalue weighted by atomic mass is 35.5. The molecule has 0 unspecified atom stereocenters. The number of carbonyl (C=O) groups excluding carboxylic acids is 1. The monoisotopic (exact) mass is 241 g/mol. The van der Waals surface area contributed by atoms with Crippen LogP contribution in [-0.4, -0.2) is 10.9 Å². The van der Waals surface area contributed by atoms with Gasteiger partial charge in [-0.3, -0.25) is 4.79 Å². The summed E-state index contributed by atoms with van der Waals surface area (Å²) in [5.74, 6) is 0.654. The van der Waals surface area contributed by atoms with Crippen LogP contribution >= 0.6 is 23.4 Å². The molecule has 0 aliphatic heterocycles. The summed E-state index contributed by atoms with van der Waals surface area (Å²) in [7, 11) is 0. The zero-order valence-corrected chi connectivity index (χ0v) is 9.94. The number of carbonyl (C=O) groups is 1. The van der Waals surface area contributed by atoms with Crippen molar-refractivity contribution in [2.24, 2.45) is 0 Å². The molecule has 0 saturated carbocycles. The third kappa shape index (κ3) is 4.40. The first-order chi connectivity index (χ1) is 7.09. The summed E-state index contributed by atoms with van der Waals surface area (Å²) in [5.41, 5.74) is 7.31. The Hall–Kier alpha value is -0.930. The minimum absolute atomic E-state index is 0.110. The first-order valence-corrected chi connectivity index (χ1v) is 5.81. The number of nitrogen functional groups attached to an aromatic ring is 1. The summed E-state index contributed by atoms with van der Waals surface area (Å²) in [6, 6.07) is 5.31. The van der Waals surface area contributed by atoms with E-state index < -0.39 is 0 Å². The van der Waals surface area contributed by atoms with Gasteiger partial charge in [-0.15, -0.1) is 0 Å². The Morgan fingerprint density at radius 2 is 2.33 bits per heavy atom. The van der Waals surface area contributed by atoms with E-state index in [0.29, 0.717) is 16.5 Å². The Morgan fingerprint density at radius 1 is 1.60 bits per heavy atom. The topological polar surface area (TPSA) is 43.1 Å². The second-order valence-corrected chi connectivity index (χ2v) is 4.61. The standard InChI is InChI=1S/C11H12ClNOS/c1-8(14)15-6-2-3-9-7-10(12)4-5-11(9)13/h2-5,7H,6,13H2,1H3. The molecule has 0 atom stereocenters. The van der Waals surface area contributed by atoms with E-state index in [9.17, 15) is 4.79 Å². The van der Waals surface area contributed by atoms with Crippen LogP contribution in [0.15, 0.2) is 24.3 Å². The minimum Gasteiger partial charge on any atom is -0.398 e. The second-order valence-electron chi connectivity index (χ2n) is 2.98. The van der Waals surface area contributed by atoms with Crippen molar-refractivity contribution in [1.29, 1.82) is 0 Å². The highest BCUT2D eigenvalue weighted by Gasteiger charge is 1.96. The lowest BCUT2D eigenvalue weighted by Crippen LogP contribution is -1.88. The van der Waals surface area contributed by atoms with Gasteiger partial charge in [0.05, 0.1) is 0 Å². The molecule has 0 saturated heterocycles.